The van der Waals surface area contributed by atoms with E-state index in [1.807, 2.05) is 30.3 Å². The molecule has 0 unspecified atom stereocenters. The van der Waals surface area contributed by atoms with Gasteiger partial charge in [-0.05, 0) is 50.3 Å². The Kier molecular flexibility index (Phi) is 4.35. The van der Waals surface area contributed by atoms with Gasteiger partial charge < -0.3 is 0 Å². The van der Waals surface area contributed by atoms with E-state index >= 15 is 0 Å². The van der Waals surface area contributed by atoms with Gasteiger partial charge in [0, 0.05) is 4.88 Å². The van der Waals surface area contributed by atoms with E-state index in [0.717, 1.165) is 31.2 Å². The lowest BCUT2D eigenvalue weighted by atomic mass is 9.96. The van der Waals surface area contributed by atoms with Crippen LogP contribution in [0.15, 0.2) is 45.7 Å². The number of carbonyl (C=O) groups is 1. The number of hydrazone groups is 1. The van der Waals surface area contributed by atoms with Crippen LogP contribution in [0.2, 0.25) is 0 Å². The summed E-state index contributed by atoms with van der Waals surface area (Å²) in [7, 11) is 0. The molecular formula is C19H17N5OS. The molecule has 0 bridgehead atoms. The summed E-state index contributed by atoms with van der Waals surface area (Å²) in [5, 5.41) is 24.3. The molecule has 2 aromatic rings. The van der Waals surface area contributed by atoms with Crippen LogP contribution in [0.25, 0.3) is 0 Å². The smallest absolute Gasteiger partial charge is 0.269 e. The van der Waals surface area contributed by atoms with Crippen LogP contribution in [0.5, 0.6) is 0 Å². The molecule has 0 fully saturated rings. The summed E-state index contributed by atoms with van der Waals surface area (Å²) in [6.45, 7) is 1.77. The second kappa shape index (κ2) is 6.81. The molecule has 2 aliphatic rings. The highest BCUT2D eigenvalue weighted by Gasteiger charge is 2.34. The zero-order valence-electron chi connectivity index (χ0n) is 14.3. The highest BCUT2D eigenvalue weighted by Crippen LogP contribution is 2.39. The lowest BCUT2D eigenvalue weighted by molar-refractivity contribution is -0.117. The van der Waals surface area contributed by atoms with Gasteiger partial charge >= 0.3 is 0 Å². The van der Waals surface area contributed by atoms with Crippen molar-refractivity contribution in [3.63, 3.8) is 0 Å². The largest absolute Gasteiger partial charge is 0.280 e. The Morgan fingerprint density at radius 3 is 2.81 bits per heavy atom. The maximum Gasteiger partial charge on any atom is 0.280 e. The molecule has 1 aromatic heterocycles. The molecule has 0 radical (unpaired) electrons. The van der Waals surface area contributed by atoms with Crippen LogP contribution in [0.1, 0.15) is 35.8 Å². The first kappa shape index (κ1) is 16.6. The minimum Gasteiger partial charge on any atom is -0.269 e. The van der Waals surface area contributed by atoms with Crippen molar-refractivity contribution >= 4 is 33.6 Å². The second-order valence-corrected chi connectivity index (χ2v) is 7.43. The summed E-state index contributed by atoms with van der Waals surface area (Å²) >= 11 is 1.52. The van der Waals surface area contributed by atoms with Crippen molar-refractivity contribution in [3.8, 4) is 6.07 Å². The molecule has 1 amide bonds. The van der Waals surface area contributed by atoms with E-state index in [-0.39, 0.29) is 5.91 Å². The van der Waals surface area contributed by atoms with Crippen molar-refractivity contribution in [3.05, 3.63) is 46.3 Å². The number of aryl methyl sites for hydroxylation is 1. The Morgan fingerprint density at radius 1 is 1.27 bits per heavy atom. The number of azo groups is 1. The zero-order valence-corrected chi connectivity index (χ0v) is 15.2. The summed E-state index contributed by atoms with van der Waals surface area (Å²) in [4.78, 5) is 13.9. The van der Waals surface area contributed by atoms with Gasteiger partial charge in [0.2, 0.25) is 0 Å². The number of rotatable bonds is 3. The Labute approximate surface area is 155 Å². The van der Waals surface area contributed by atoms with Crippen molar-refractivity contribution in [2.24, 2.45) is 15.3 Å². The zero-order chi connectivity index (χ0) is 18.1. The SMILES string of the molecule is CC1=NN(c2ccccc2)C(=O)[C@H]1N=Nc1sc2c(c1C#N)CCCC2. The van der Waals surface area contributed by atoms with E-state index < -0.39 is 6.04 Å². The van der Waals surface area contributed by atoms with Crippen molar-refractivity contribution in [1.82, 2.24) is 0 Å². The molecule has 7 heteroatoms. The quantitative estimate of drug-likeness (QED) is 0.759. The number of carbonyl (C=O) groups excluding carboxylic acids is 1. The van der Waals surface area contributed by atoms with Gasteiger partial charge in [-0.2, -0.15) is 20.5 Å². The molecule has 1 atom stereocenters. The average molecular weight is 363 g/mol. The van der Waals surface area contributed by atoms with Gasteiger partial charge in [0.05, 0.1) is 17.0 Å². The number of para-hydroxylation sites is 1. The number of benzene rings is 1. The van der Waals surface area contributed by atoms with Gasteiger partial charge in [-0.25, -0.2) is 0 Å². The molecule has 130 valence electrons. The van der Waals surface area contributed by atoms with E-state index in [1.54, 1.807) is 6.92 Å². The normalized spacial score (nSPS) is 19.5. The third-order valence-electron chi connectivity index (χ3n) is 4.63. The Bertz CT molecular complexity index is 954. The van der Waals surface area contributed by atoms with E-state index in [9.17, 15) is 10.1 Å². The van der Waals surface area contributed by atoms with E-state index in [0.29, 0.717) is 22.0 Å². The number of hydrogen-bond acceptors (Lipinski definition) is 6. The first-order valence-corrected chi connectivity index (χ1v) is 9.40. The van der Waals surface area contributed by atoms with Crippen LogP contribution in [0.4, 0.5) is 10.7 Å². The number of nitriles is 1. The van der Waals surface area contributed by atoms with Crippen LogP contribution < -0.4 is 5.01 Å². The minimum absolute atomic E-state index is 0.225. The predicted molar refractivity (Wildman–Crippen MR) is 101 cm³/mol. The number of nitrogens with zero attached hydrogens (tertiary/aromatic N) is 5. The Balaban J connectivity index is 1.60. The maximum absolute atomic E-state index is 12.7. The molecule has 6 nitrogen and oxygen atoms in total. The molecule has 0 saturated heterocycles. The number of anilines is 1. The van der Waals surface area contributed by atoms with Gasteiger partial charge in [0.25, 0.3) is 5.91 Å². The van der Waals surface area contributed by atoms with Crippen LogP contribution in [-0.4, -0.2) is 17.7 Å². The van der Waals surface area contributed by atoms with Gasteiger partial charge in [0.15, 0.2) is 11.0 Å². The van der Waals surface area contributed by atoms with Gasteiger partial charge in [-0.3, -0.25) is 4.79 Å². The van der Waals surface area contributed by atoms with E-state index in [2.05, 4.69) is 21.4 Å². The minimum atomic E-state index is -0.735. The third-order valence-corrected chi connectivity index (χ3v) is 5.80. The molecule has 2 heterocycles. The van der Waals surface area contributed by atoms with Gasteiger partial charge in [-0.1, -0.05) is 18.2 Å². The maximum atomic E-state index is 12.7. The summed E-state index contributed by atoms with van der Waals surface area (Å²) in [6.07, 6.45) is 4.17. The molecule has 0 spiro atoms. The van der Waals surface area contributed by atoms with Crippen molar-refractivity contribution in [2.75, 3.05) is 5.01 Å². The van der Waals surface area contributed by atoms with Crippen LogP contribution >= 0.6 is 11.3 Å². The fourth-order valence-corrected chi connectivity index (χ4v) is 4.46. The third kappa shape index (κ3) is 2.82. The van der Waals surface area contributed by atoms with Crippen molar-refractivity contribution < 1.29 is 4.79 Å². The molecule has 1 aromatic carbocycles. The van der Waals surface area contributed by atoms with Crippen molar-refractivity contribution in [2.45, 2.75) is 38.6 Å². The van der Waals surface area contributed by atoms with Crippen LogP contribution in [-0.2, 0) is 17.6 Å². The second-order valence-electron chi connectivity index (χ2n) is 6.35. The van der Waals surface area contributed by atoms with E-state index in [1.165, 1.54) is 21.2 Å². The number of amides is 1. The number of thiophene rings is 1. The predicted octanol–water partition coefficient (Wildman–Crippen LogP) is 4.37. The molecular weight excluding hydrogens is 346 g/mol. The molecule has 1 aliphatic heterocycles. The van der Waals surface area contributed by atoms with Crippen LogP contribution in [0, 0.1) is 11.3 Å². The summed E-state index contributed by atoms with van der Waals surface area (Å²) in [5.41, 5.74) is 3.04. The fourth-order valence-electron chi connectivity index (χ4n) is 3.29. The lowest BCUT2D eigenvalue weighted by Gasteiger charge is -2.11. The molecule has 1 aliphatic carbocycles. The number of hydrogen-bond donors (Lipinski definition) is 0. The first-order valence-electron chi connectivity index (χ1n) is 8.58. The highest BCUT2D eigenvalue weighted by molar-refractivity contribution is 7.16. The first-order chi connectivity index (χ1) is 12.7. The summed E-state index contributed by atoms with van der Waals surface area (Å²) in [6, 6.07) is 10.8. The molecule has 26 heavy (non-hydrogen) atoms. The molecule has 0 saturated carbocycles. The fraction of sp³-hybridized carbons (Fsp3) is 0.316. The average Bonchev–Trinajstić information content (AvgIpc) is 3.17. The topological polar surface area (TPSA) is 81.2 Å². The highest BCUT2D eigenvalue weighted by atomic mass is 32.1. The number of fused-ring (bicyclic) bond motifs is 1. The van der Waals surface area contributed by atoms with Gasteiger partial charge in [0.1, 0.15) is 6.07 Å². The van der Waals surface area contributed by atoms with E-state index in [4.69, 9.17) is 0 Å². The van der Waals surface area contributed by atoms with Crippen LogP contribution in [0.3, 0.4) is 0 Å². The summed E-state index contributed by atoms with van der Waals surface area (Å²) < 4.78 is 0. The standard InChI is InChI=1S/C19H17N5OS/c1-12-17(19(25)24(23-12)13-7-3-2-4-8-13)21-22-18-15(11-20)14-9-5-6-10-16(14)26-18/h2-4,7-8,17H,5-6,9-10H2,1H3/t17-/m0/s1. The lowest BCUT2D eigenvalue weighted by Crippen LogP contribution is -2.29. The van der Waals surface area contributed by atoms with Gasteiger partial charge in [-0.15, -0.1) is 16.5 Å². The monoisotopic (exact) mass is 363 g/mol. The summed E-state index contributed by atoms with van der Waals surface area (Å²) in [5.74, 6) is -0.225. The molecule has 0 N–H and O–H groups in total. The molecule has 4 rings (SSSR count). The van der Waals surface area contributed by atoms with Crippen molar-refractivity contribution in [1.29, 1.82) is 5.26 Å². The Morgan fingerprint density at radius 2 is 2.04 bits per heavy atom. The Hall–Kier alpha value is -2.85.